The summed E-state index contributed by atoms with van der Waals surface area (Å²) in [5.41, 5.74) is 0.256. The molecule has 1 aliphatic heterocycles. The van der Waals surface area contributed by atoms with E-state index in [1.54, 1.807) is 0 Å². The zero-order valence-corrected chi connectivity index (χ0v) is 10.2. The topological polar surface area (TPSA) is 74.7 Å². The van der Waals surface area contributed by atoms with Crippen molar-refractivity contribution in [3.05, 3.63) is 39.9 Å². The second-order valence-corrected chi connectivity index (χ2v) is 4.18. The molecule has 0 atom stereocenters. The van der Waals surface area contributed by atoms with Gasteiger partial charge < -0.3 is 5.11 Å². The van der Waals surface area contributed by atoms with E-state index in [0.29, 0.717) is 0 Å². The molecule has 0 spiro atoms. The molecule has 2 rings (SSSR count). The number of hydrogen-bond acceptors (Lipinski definition) is 3. The van der Waals surface area contributed by atoms with Crippen molar-refractivity contribution < 1.29 is 19.5 Å². The van der Waals surface area contributed by atoms with Crippen LogP contribution in [0.2, 0.25) is 0 Å². The third-order valence-electron chi connectivity index (χ3n) is 2.35. The van der Waals surface area contributed by atoms with Crippen molar-refractivity contribution in [1.82, 2.24) is 0 Å². The van der Waals surface area contributed by atoms with Crippen LogP contribution in [0.3, 0.4) is 0 Å². The molecule has 2 amide bonds. The van der Waals surface area contributed by atoms with Crippen molar-refractivity contribution in [2.24, 2.45) is 0 Å². The molecular weight excluding hydrogens is 281 g/mol. The third-order valence-corrected chi connectivity index (χ3v) is 3.14. The number of carboxylic acids is 1. The number of amides is 2. The van der Waals surface area contributed by atoms with Crippen LogP contribution in [0.4, 0.5) is 5.69 Å². The van der Waals surface area contributed by atoms with Crippen LogP contribution in [0.1, 0.15) is 10.4 Å². The lowest BCUT2D eigenvalue weighted by Crippen LogP contribution is -2.30. The molecule has 0 aromatic heterocycles. The second-order valence-electron chi connectivity index (χ2n) is 3.43. The van der Waals surface area contributed by atoms with E-state index in [4.69, 9.17) is 28.3 Å². The number of aromatic carboxylic acids is 1. The highest BCUT2D eigenvalue weighted by molar-refractivity contribution is 6.62. The van der Waals surface area contributed by atoms with Gasteiger partial charge in [0.25, 0.3) is 11.8 Å². The molecule has 1 heterocycles. The van der Waals surface area contributed by atoms with E-state index >= 15 is 0 Å². The van der Waals surface area contributed by atoms with Crippen LogP contribution in [0.5, 0.6) is 0 Å². The first-order chi connectivity index (χ1) is 8.43. The molecule has 1 aliphatic rings. The summed E-state index contributed by atoms with van der Waals surface area (Å²) in [5, 5.41) is 8.04. The minimum atomic E-state index is -1.10. The molecule has 1 N–H and O–H groups in total. The number of carbonyl (C=O) groups is 3. The van der Waals surface area contributed by atoms with E-state index in [1.807, 2.05) is 0 Å². The normalized spacial score (nSPS) is 15.6. The van der Waals surface area contributed by atoms with E-state index in [0.717, 1.165) is 4.90 Å². The number of benzene rings is 1. The van der Waals surface area contributed by atoms with Gasteiger partial charge in [-0.25, -0.2) is 9.69 Å². The van der Waals surface area contributed by atoms with Crippen molar-refractivity contribution in [2.75, 3.05) is 4.90 Å². The van der Waals surface area contributed by atoms with Crippen molar-refractivity contribution >= 4 is 46.7 Å². The fourth-order valence-corrected chi connectivity index (χ4v) is 1.79. The van der Waals surface area contributed by atoms with Crippen molar-refractivity contribution in [3.8, 4) is 0 Å². The zero-order valence-electron chi connectivity index (χ0n) is 8.68. The molecule has 0 aliphatic carbocycles. The van der Waals surface area contributed by atoms with Gasteiger partial charge >= 0.3 is 5.97 Å². The minimum Gasteiger partial charge on any atom is -0.478 e. The molecule has 18 heavy (non-hydrogen) atoms. The average molecular weight is 286 g/mol. The summed E-state index contributed by atoms with van der Waals surface area (Å²) in [6, 6.07) is 5.22. The smallest absolute Gasteiger partial charge is 0.335 e. The summed E-state index contributed by atoms with van der Waals surface area (Å²) in [4.78, 5) is 34.8. The molecule has 0 saturated heterocycles. The van der Waals surface area contributed by atoms with E-state index in [-0.39, 0.29) is 21.3 Å². The molecule has 92 valence electrons. The van der Waals surface area contributed by atoms with Gasteiger partial charge in [0.05, 0.1) is 11.3 Å². The second kappa shape index (κ2) is 4.44. The summed E-state index contributed by atoms with van der Waals surface area (Å²) < 4.78 is 0. The van der Waals surface area contributed by atoms with Gasteiger partial charge in [-0.2, -0.15) is 0 Å². The molecular formula is C11H5Cl2NO4. The highest BCUT2D eigenvalue weighted by Gasteiger charge is 2.37. The van der Waals surface area contributed by atoms with Gasteiger partial charge in [0.2, 0.25) is 0 Å². The molecule has 1 aromatic carbocycles. The summed E-state index contributed by atoms with van der Waals surface area (Å²) in [6.45, 7) is 0. The van der Waals surface area contributed by atoms with Gasteiger partial charge in [0, 0.05) is 0 Å². The Hall–Kier alpha value is -1.85. The first-order valence-electron chi connectivity index (χ1n) is 4.71. The Morgan fingerprint density at radius 1 is 1.00 bits per heavy atom. The molecule has 7 heteroatoms. The summed E-state index contributed by atoms with van der Waals surface area (Å²) in [6.07, 6.45) is 0. The highest BCUT2D eigenvalue weighted by atomic mass is 35.5. The molecule has 5 nitrogen and oxygen atoms in total. The molecule has 1 aromatic rings. The van der Waals surface area contributed by atoms with E-state index in [1.165, 1.54) is 24.3 Å². The lowest BCUT2D eigenvalue weighted by atomic mass is 10.2. The largest absolute Gasteiger partial charge is 0.478 e. The Morgan fingerprint density at radius 3 is 1.83 bits per heavy atom. The fourth-order valence-electron chi connectivity index (χ4n) is 1.46. The van der Waals surface area contributed by atoms with Crippen LogP contribution in [0, 0.1) is 0 Å². The number of halogens is 2. The van der Waals surface area contributed by atoms with Crippen LogP contribution < -0.4 is 4.90 Å². The number of carbonyl (C=O) groups excluding carboxylic acids is 2. The fraction of sp³-hybridized carbons (Fsp3) is 0. The zero-order chi connectivity index (χ0) is 13.4. The molecule has 0 unspecified atom stereocenters. The molecule has 0 radical (unpaired) electrons. The first-order valence-corrected chi connectivity index (χ1v) is 5.46. The number of hydrogen-bond donors (Lipinski definition) is 1. The molecule has 0 saturated carbocycles. The monoisotopic (exact) mass is 285 g/mol. The summed E-state index contributed by atoms with van der Waals surface area (Å²) in [5.74, 6) is -2.56. The van der Waals surface area contributed by atoms with Crippen molar-refractivity contribution in [2.45, 2.75) is 0 Å². The number of nitrogens with zero attached hydrogens (tertiary/aromatic N) is 1. The predicted molar refractivity (Wildman–Crippen MR) is 64.6 cm³/mol. The quantitative estimate of drug-likeness (QED) is 0.843. The maximum Gasteiger partial charge on any atom is 0.335 e. The Bertz CT molecular complexity index is 568. The van der Waals surface area contributed by atoms with Crippen molar-refractivity contribution in [1.29, 1.82) is 0 Å². The van der Waals surface area contributed by atoms with E-state index < -0.39 is 17.8 Å². The summed E-state index contributed by atoms with van der Waals surface area (Å²) in [7, 11) is 0. The van der Waals surface area contributed by atoms with Gasteiger partial charge in [-0.15, -0.1) is 0 Å². The highest BCUT2D eigenvalue weighted by Crippen LogP contribution is 2.31. The van der Waals surface area contributed by atoms with Crippen LogP contribution in [0.25, 0.3) is 0 Å². The Balaban J connectivity index is 2.37. The molecule has 0 bridgehead atoms. The lowest BCUT2D eigenvalue weighted by molar-refractivity contribution is -0.120. The minimum absolute atomic E-state index is 0.0444. The SMILES string of the molecule is O=C(O)c1ccc(N2C(=O)C(Cl)=C(Cl)C2=O)cc1. The Kier molecular flexibility index (Phi) is 3.11. The Labute approximate surface area is 111 Å². The third kappa shape index (κ3) is 1.87. The maximum atomic E-state index is 11.7. The first kappa shape index (κ1) is 12.6. The molecule has 0 fully saturated rings. The average Bonchev–Trinajstić information content (AvgIpc) is 2.54. The lowest BCUT2D eigenvalue weighted by Gasteiger charge is -2.13. The van der Waals surface area contributed by atoms with Gasteiger partial charge in [-0.05, 0) is 24.3 Å². The van der Waals surface area contributed by atoms with Gasteiger partial charge in [-0.3, -0.25) is 9.59 Å². The number of imide groups is 1. The number of carboxylic acid groups (broad SMARTS) is 1. The summed E-state index contributed by atoms with van der Waals surface area (Å²) >= 11 is 11.2. The van der Waals surface area contributed by atoms with E-state index in [9.17, 15) is 14.4 Å². The van der Waals surface area contributed by atoms with Crippen molar-refractivity contribution in [3.63, 3.8) is 0 Å². The standard InChI is InChI=1S/C11H5Cl2NO4/c12-7-8(13)10(16)14(9(7)15)6-3-1-5(2-4-6)11(17)18/h1-4H,(H,17,18). The van der Waals surface area contributed by atoms with Crippen LogP contribution >= 0.6 is 23.2 Å². The van der Waals surface area contributed by atoms with Gasteiger partial charge in [0.15, 0.2) is 0 Å². The maximum absolute atomic E-state index is 11.7. The number of anilines is 1. The van der Waals surface area contributed by atoms with Gasteiger partial charge in [0.1, 0.15) is 10.1 Å². The van der Waals surface area contributed by atoms with Crippen LogP contribution in [0.15, 0.2) is 34.3 Å². The predicted octanol–water partition coefficient (Wildman–Crippen LogP) is 1.95. The van der Waals surface area contributed by atoms with Crippen LogP contribution in [-0.2, 0) is 9.59 Å². The Morgan fingerprint density at radius 2 is 1.44 bits per heavy atom. The van der Waals surface area contributed by atoms with Gasteiger partial charge in [-0.1, -0.05) is 23.2 Å². The number of rotatable bonds is 2. The van der Waals surface area contributed by atoms with Crippen LogP contribution in [-0.4, -0.2) is 22.9 Å². The van der Waals surface area contributed by atoms with E-state index in [2.05, 4.69) is 0 Å².